The van der Waals surface area contributed by atoms with Gasteiger partial charge in [0.2, 0.25) is 0 Å². The van der Waals surface area contributed by atoms with Gasteiger partial charge in [-0.3, -0.25) is 4.57 Å². The molecule has 0 fully saturated rings. The third-order valence-electron chi connectivity index (χ3n) is 3.97. The van der Waals surface area contributed by atoms with Crippen molar-refractivity contribution in [2.24, 2.45) is 5.28 Å². The number of rotatable bonds is 14. The fourth-order valence-corrected chi connectivity index (χ4v) is 5.80. The van der Waals surface area contributed by atoms with E-state index in [-0.39, 0.29) is 12.3 Å². The van der Waals surface area contributed by atoms with Crippen LogP contribution in [0.4, 0.5) is 0 Å². The molecule has 0 bridgehead atoms. The zero-order chi connectivity index (χ0) is 23.2. The highest BCUT2D eigenvalue weighted by Crippen LogP contribution is 2.62. The third kappa shape index (κ3) is 15.3. The molecule has 0 amide bonds. The molecule has 1 N–H and O–H groups in total. The van der Waals surface area contributed by atoms with Gasteiger partial charge in [-0.15, -0.1) is 0 Å². The first-order valence-corrected chi connectivity index (χ1v) is 13.3. The Morgan fingerprint density at radius 3 is 1.80 bits per heavy atom. The van der Waals surface area contributed by atoms with Crippen LogP contribution in [0.2, 0.25) is 0 Å². The lowest BCUT2D eigenvalue weighted by atomic mass is 10.1. The lowest BCUT2D eigenvalue weighted by molar-refractivity contribution is 0.263. The summed E-state index contributed by atoms with van der Waals surface area (Å²) in [5.74, 6) is 0. The van der Waals surface area contributed by atoms with Gasteiger partial charge < -0.3 is 9.52 Å². The summed E-state index contributed by atoms with van der Waals surface area (Å²) in [7, 11) is -8.38. The van der Waals surface area contributed by atoms with E-state index in [0.717, 1.165) is 36.8 Å². The summed E-state index contributed by atoms with van der Waals surface area (Å²) in [6, 6.07) is 0. The molecule has 170 valence electrons. The summed E-state index contributed by atoms with van der Waals surface area (Å²) in [6.07, 6.45) is 9.94. The maximum atomic E-state index is 12.8. The van der Waals surface area contributed by atoms with E-state index in [4.69, 9.17) is 9.84 Å². The largest absolute Gasteiger partial charge is 0.396 e. The summed E-state index contributed by atoms with van der Waals surface area (Å²) < 4.78 is 34.9. The first-order chi connectivity index (χ1) is 13.9. The molecule has 2 unspecified atom stereocenters. The number of azide groups is 1. The second-order valence-electron chi connectivity index (χ2n) is 7.69. The highest BCUT2D eigenvalue weighted by molar-refractivity contribution is 7.66. The fraction of sp³-hybridized carbons (Fsp3) is 0.600. The number of hydrogen-bond donors (Lipinski definition) is 1. The van der Waals surface area contributed by atoms with Crippen molar-refractivity contribution < 1.29 is 23.0 Å². The van der Waals surface area contributed by atoms with Crippen molar-refractivity contribution in [3.63, 3.8) is 0 Å². The van der Waals surface area contributed by atoms with Crippen molar-refractivity contribution in [3.8, 4) is 0 Å². The molecule has 0 spiro atoms. The Hall–Kier alpha value is -1.55. The molecule has 0 aliphatic heterocycles. The highest BCUT2D eigenvalue weighted by atomic mass is 31.3. The molecule has 0 aliphatic carbocycles. The predicted molar refractivity (Wildman–Crippen MR) is 123 cm³/mol. The van der Waals surface area contributed by atoms with Crippen LogP contribution < -0.4 is 0 Å². The van der Waals surface area contributed by atoms with Crippen molar-refractivity contribution in [3.05, 3.63) is 57.0 Å². The Labute approximate surface area is 180 Å². The number of hydrogen-bond acceptors (Lipinski definition) is 5. The Kier molecular flexibility index (Phi) is 13.7. The lowest BCUT2D eigenvalue weighted by Crippen LogP contribution is -1.98. The molecule has 0 heterocycles. The zero-order valence-electron chi connectivity index (χ0n) is 18.9. The predicted octanol–water partition coefficient (Wildman–Crippen LogP) is 8.01. The standard InChI is InChI=1S/C20H35N3O5P2/c1-17(2)9-7-11-19(5)13-15-29(24,25)28-30(26,27-23-22-21)16-14-20(6)12-8-10-18(3)4/h9-10,13-14H,7-8,11-12,15-16H2,1-6H3,(H,24,25)/b19-13+,20-14+. The van der Waals surface area contributed by atoms with Gasteiger partial charge in [-0.1, -0.05) is 46.6 Å². The Bertz CT molecular complexity index is 816. The number of allylic oxidation sites excluding steroid dienone is 8. The van der Waals surface area contributed by atoms with Gasteiger partial charge in [0.05, 0.1) is 12.3 Å². The topological polar surface area (TPSA) is 122 Å². The molecule has 0 saturated carbocycles. The van der Waals surface area contributed by atoms with Gasteiger partial charge in [-0.2, -0.15) is 0 Å². The normalized spacial score (nSPS) is 16.0. The zero-order valence-corrected chi connectivity index (χ0v) is 20.7. The number of nitrogens with zero attached hydrogens (tertiary/aromatic N) is 3. The smallest absolute Gasteiger partial charge is 0.357 e. The molecular weight excluding hydrogens is 424 g/mol. The molecule has 8 nitrogen and oxygen atoms in total. The van der Waals surface area contributed by atoms with Crippen LogP contribution in [0.25, 0.3) is 10.4 Å². The molecule has 30 heavy (non-hydrogen) atoms. The van der Waals surface area contributed by atoms with Gasteiger partial charge in [-0.05, 0) is 72.8 Å². The van der Waals surface area contributed by atoms with Crippen molar-refractivity contribution >= 4 is 15.2 Å². The molecule has 0 aliphatic rings. The Morgan fingerprint density at radius 1 is 0.900 bits per heavy atom. The summed E-state index contributed by atoms with van der Waals surface area (Å²) >= 11 is 0. The average molecular weight is 459 g/mol. The van der Waals surface area contributed by atoms with Crippen molar-refractivity contribution in [1.29, 1.82) is 0 Å². The van der Waals surface area contributed by atoms with Crippen LogP contribution in [0.5, 0.6) is 0 Å². The molecular formula is C20H35N3O5P2. The van der Waals surface area contributed by atoms with Crippen LogP contribution in [-0.2, 0) is 18.1 Å². The van der Waals surface area contributed by atoms with Gasteiger partial charge >= 0.3 is 15.2 Å². The van der Waals surface area contributed by atoms with E-state index in [1.165, 1.54) is 11.1 Å². The van der Waals surface area contributed by atoms with E-state index in [2.05, 4.69) is 27.0 Å². The molecule has 2 atom stereocenters. The molecule has 0 aromatic heterocycles. The third-order valence-corrected chi connectivity index (χ3v) is 7.58. The van der Waals surface area contributed by atoms with E-state index in [1.54, 1.807) is 12.2 Å². The lowest BCUT2D eigenvalue weighted by Gasteiger charge is -2.18. The maximum absolute atomic E-state index is 12.8. The van der Waals surface area contributed by atoms with E-state index in [1.807, 2.05) is 41.5 Å². The van der Waals surface area contributed by atoms with Crippen LogP contribution in [0.3, 0.4) is 0 Å². The first-order valence-electron chi connectivity index (χ1n) is 9.82. The highest BCUT2D eigenvalue weighted by Gasteiger charge is 2.34. The van der Waals surface area contributed by atoms with Gasteiger partial charge in [0.15, 0.2) is 0 Å². The van der Waals surface area contributed by atoms with Crippen molar-refractivity contribution in [2.75, 3.05) is 12.3 Å². The summed E-state index contributed by atoms with van der Waals surface area (Å²) in [5, 5.41) is 2.84. The van der Waals surface area contributed by atoms with E-state index < -0.39 is 15.2 Å². The monoisotopic (exact) mass is 459 g/mol. The van der Waals surface area contributed by atoms with Crippen LogP contribution in [0.15, 0.2) is 51.9 Å². The van der Waals surface area contributed by atoms with Crippen molar-refractivity contribution in [1.82, 2.24) is 0 Å². The molecule has 0 radical (unpaired) electrons. The van der Waals surface area contributed by atoms with Gasteiger partial charge in [0, 0.05) is 4.91 Å². The maximum Gasteiger partial charge on any atom is 0.396 e. The van der Waals surface area contributed by atoms with Gasteiger partial charge in [0.25, 0.3) is 0 Å². The minimum Gasteiger partial charge on any atom is -0.357 e. The van der Waals surface area contributed by atoms with E-state index >= 15 is 0 Å². The second kappa shape index (κ2) is 14.5. The fourth-order valence-electron chi connectivity index (χ4n) is 2.30. The van der Waals surface area contributed by atoms with E-state index in [0.29, 0.717) is 0 Å². The average Bonchev–Trinajstić information content (AvgIpc) is 2.62. The summed E-state index contributed by atoms with van der Waals surface area (Å²) in [4.78, 5) is 12.5. The van der Waals surface area contributed by atoms with Gasteiger partial charge in [0.1, 0.15) is 5.28 Å². The Balaban J connectivity index is 5.12. The Morgan fingerprint density at radius 2 is 1.37 bits per heavy atom. The molecule has 10 heteroatoms. The summed E-state index contributed by atoms with van der Waals surface area (Å²) in [6.45, 7) is 11.7. The van der Waals surface area contributed by atoms with Crippen molar-refractivity contribution in [2.45, 2.75) is 67.2 Å². The van der Waals surface area contributed by atoms with E-state index in [9.17, 15) is 14.0 Å². The van der Waals surface area contributed by atoms with Crippen LogP contribution in [0.1, 0.15) is 67.2 Å². The molecule has 0 rings (SSSR count). The first kappa shape index (κ1) is 28.5. The molecule has 0 aromatic rings. The summed E-state index contributed by atoms with van der Waals surface area (Å²) in [5.41, 5.74) is 12.7. The molecule has 0 aromatic carbocycles. The van der Waals surface area contributed by atoms with Crippen LogP contribution >= 0.6 is 15.2 Å². The van der Waals surface area contributed by atoms with Gasteiger partial charge in [-0.25, -0.2) is 8.88 Å². The van der Waals surface area contributed by atoms with Crippen LogP contribution in [-0.4, -0.2) is 17.2 Å². The van der Waals surface area contributed by atoms with Crippen LogP contribution in [0, 0.1) is 0 Å². The quantitative estimate of drug-likeness (QED) is 0.0704. The second-order valence-corrected chi connectivity index (χ2v) is 11.7. The SMILES string of the molecule is CC(C)=CCC/C(C)=C/CP(=O)(O)OP(=O)(C/C=C(\C)CCC=C(C)C)ON=[N+]=[N-]. The minimum absolute atomic E-state index is 0.263. The minimum atomic E-state index is -4.26. The molecule has 0 saturated heterocycles.